The molecule has 0 saturated carbocycles. The van der Waals surface area contributed by atoms with Crippen LogP contribution in [0.5, 0.6) is 5.75 Å². The Morgan fingerprint density at radius 3 is 2.53 bits per heavy atom. The molecular formula is C21H16Cl2F3N5O. The van der Waals surface area contributed by atoms with Gasteiger partial charge in [0.05, 0.1) is 29.6 Å². The Morgan fingerprint density at radius 2 is 1.88 bits per heavy atom. The highest BCUT2D eigenvalue weighted by molar-refractivity contribution is 6.33. The van der Waals surface area contributed by atoms with Crippen LogP contribution in [0.4, 0.5) is 24.8 Å². The minimum atomic E-state index is -4.50. The van der Waals surface area contributed by atoms with E-state index in [1.165, 1.54) is 19.4 Å². The highest BCUT2D eigenvalue weighted by atomic mass is 35.5. The number of benzene rings is 2. The van der Waals surface area contributed by atoms with E-state index in [1.807, 2.05) is 6.92 Å². The fourth-order valence-corrected chi connectivity index (χ4v) is 3.78. The summed E-state index contributed by atoms with van der Waals surface area (Å²) in [6, 6.07) is 8.27. The maximum atomic E-state index is 13.1. The molecule has 4 rings (SSSR count). The van der Waals surface area contributed by atoms with Gasteiger partial charge in [-0.1, -0.05) is 23.2 Å². The van der Waals surface area contributed by atoms with Crippen molar-refractivity contribution in [1.82, 2.24) is 20.2 Å². The van der Waals surface area contributed by atoms with Gasteiger partial charge < -0.3 is 9.64 Å². The predicted octanol–water partition coefficient (Wildman–Crippen LogP) is 6.51. The molecule has 4 aromatic rings. The number of aromatic amines is 1. The van der Waals surface area contributed by atoms with Crippen molar-refractivity contribution in [3.8, 4) is 17.0 Å². The molecule has 0 aliphatic rings. The minimum Gasteiger partial charge on any atom is -0.496 e. The molecule has 0 aliphatic carbocycles. The quantitative estimate of drug-likeness (QED) is 0.351. The monoisotopic (exact) mass is 481 g/mol. The first-order chi connectivity index (χ1) is 15.2. The van der Waals surface area contributed by atoms with Gasteiger partial charge >= 0.3 is 6.18 Å². The molecule has 1 N–H and O–H groups in total. The number of fused-ring (bicyclic) bond motifs is 1. The van der Waals surface area contributed by atoms with Gasteiger partial charge in [0, 0.05) is 17.1 Å². The minimum absolute atomic E-state index is 0.0700. The third kappa shape index (κ3) is 4.05. The van der Waals surface area contributed by atoms with Gasteiger partial charge in [0.15, 0.2) is 0 Å². The molecular weight excluding hydrogens is 466 g/mol. The number of methoxy groups -OCH3 is 1. The summed E-state index contributed by atoms with van der Waals surface area (Å²) in [5.74, 6) is 0.769. The Kier molecular flexibility index (Phi) is 5.87. The zero-order chi connectivity index (χ0) is 23.0. The second-order valence-electron chi connectivity index (χ2n) is 6.76. The lowest BCUT2D eigenvalue weighted by atomic mass is 10.1. The van der Waals surface area contributed by atoms with E-state index in [1.54, 1.807) is 23.1 Å². The first kappa shape index (κ1) is 22.2. The van der Waals surface area contributed by atoms with Gasteiger partial charge in [-0.2, -0.15) is 18.3 Å². The van der Waals surface area contributed by atoms with Crippen molar-refractivity contribution in [2.45, 2.75) is 13.1 Å². The summed E-state index contributed by atoms with van der Waals surface area (Å²) < 4.78 is 44.6. The molecule has 11 heteroatoms. The van der Waals surface area contributed by atoms with Crippen LogP contribution < -0.4 is 9.64 Å². The third-order valence-electron chi connectivity index (χ3n) is 4.83. The molecule has 166 valence electrons. The second-order valence-corrected chi connectivity index (χ2v) is 7.60. The first-order valence-electron chi connectivity index (χ1n) is 9.42. The molecule has 0 saturated heterocycles. The van der Waals surface area contributed by atoms with Gasteiger partial charge in [0.25, 0.3) is 0 Å². The summed E-state index contributed by atoms with van der Waals surface area (Å²) in [5, 5.41) is 7.33. The van der Waals surface area contributed by atoms with Crippen molar-refractivity contribution in [3.05, 3.63) is 58.2 Å². The number of nitrogens with one attached hydrogen (secondary N) is 1. The fraction of sp³-hybridized carbons (Fsp3) is 0.190. The lowest BCUT2D eigenvalue weighted by Crippen LogP contribution is -2.20. The molecule has 0 aliphatic heterocycles. The van der Waals surface area contributed by atoms with Crippen LogP contribution in [-0.2, 0) is 6.18 Å². The van der Waals surface area contributed by atoms with Crippen LogP contribution in [0.3, 0.4) is 0 Å². The Morgan fingerprint density at radius 1 is 1.09 bits per heavy atom. The highest BCUT2D eigenvalue weighted by Crippen LogP contribution is 2.39. The largest absolute Gasteiger partial charge is 0.496 e. The van der Waals surface area contributed by atoms with Gasteiger partial charge in [-0.05, 0) is 43.3 Å². The molecule has 6 nitrogen and oxygen atoms in total. The summed E-state index contributed by atoms with van der Waals surface area (Å²) >= 11 is 12.4. The van der Waals surface area contributed by atoms with E-state index in [-0.39, 0.29) is 11.0 Å². The van der Waals surface area contributed by atoms with Crippen LogP contribution in [0.1, 0.15) is 12.5 Å². The fourth-order valence-electron chi connectivity index (χ4n) is 3.33. The predicted molar refractivity (Wildman–Crippen MR) is 118 cm³/mol. The van der Waals surface area contributed by atoms with E-state index in [4.69, 9.17) is 27.9 Å². The molecule has 32 heavy (non-hydrogen) atoms. The Bertz CT molecular complexity index is 1290. The number of ether oxygens (including phenoxy) is 1. The highest BCUT2D eigenvalue weighted by Gasteiger charge is 2.31. The average molecular weight is 482 g/mol. The van der Waals surface area contributed by atoms with Crippen molar-refractivity contribution in [3.63, 3.8) is 0 Å². The number of anilines is 2. The average Bonchev–Trinajstić information content (AvgIpc) is 3.23. The van der Waals surface area contributed by atoms with Gasteiger partial charge in [0.1, 0.15) is 22.5 Å². The van der Waals surface area contributed by atoms with Crippen molar-refractivity contribution in [2.75, 3.05) is 18.6 Å². The van der Waals surface area contributed by atoms with Crippen molar-refractivity contribution in [1.29, 1.82) is 0 Å². The number of hydrogen-bond acceptors (Lipinski definition) is 5. The molecule has 0 radical (unpaired) electrons. The van der Waals surface area contributed by atoms with Gasteiger partial charge in [-0.15, -0.1) is 0 Å². The number of rotatable bonds is 5. The zero-order valence-electron chi connectivity index (χ0n) is 16.8. The molecule has 0 atom stereocenters. The van der Waals surface area contributed by atoms with E-state index < -0.39 is 11.7 Å². The summed E-state index contributed by atoms with van der Waals surface area (Å²) in [6.45, 7) is 2.16. The van der Waals surface area contributed by atoms with E-state index in [0.29, 0.717) is 45.3 Å². The maximum absolute atomic E-state index is 13.1. The van der Waals surface area contributed by atoms with Crippen molar-refractivity contribution in [2.24, 2.45) is 0 Å². The van der Waals surface area contributed by atoms with E-state index in [0.717, 1.165) is 12.1 Å². The summed E-state index contributed by atoms with van der Waals surface area (Å²) in [6.07, 6.45) is -2.97. The lowest BCUT2D eigenvalue weighted by Gasteiger charge is -2.23. The summed E-state index contributed by atoms with van der Waals surface area (Å²) in [4.78, 5) is 10.8. The first-order valence-corrected chi connectivity index (χ1v) is 10.2. The molecule has 2 aromatic heterocycles. The number of H-pyrrole nitrogens is 1. The third-order valence-corrected chi connectivity index (χ3v) is 5.37. The molecule has 2 heterocycles. The van der Waals surface area contributed by atoms with Crippen molar-refractivity contribution >= 4 is 45.9 Å². The second kappa shape index (κ2) is 8.48. The van der Waals surface area contributed by atoms with Crippen LogP contribution in [0.2, 0.25) is 10.0 Å². The molecule has 0 bridgehead atoms. The van der Waals surface area contributed by atoms with E-state index in [9.17, 15) is 13.2 Å². The number of alkyl halides is 3. The van der Waals surface area contributed by atoms with E-state index >= 15 is 0 Å². The van der Waals surface area contributed by atoms with Crippen LogP contribution in [0, 0.1) is 0 Å². The Hall–Kier alpha value is -3.04. The standard InChI is InChI=1S/C21H16Cl2F3N5O/c1-3-31(16-6-4-11(8-14(16)23)21(24,25)26)20-28-15-10-27-30-19(15)18(29-20)13-9-12(22)5-7-17(13)32-2/h4-10H,3H2,1-2H3,(H,27,30). The number of nitrogens with zero attached hydrogens (tertiary/aromatic N) is 4. The number of hydrogen-bond donors (Lipinski definition) is 1. The van der Waals surface area contributed by atoms with Gasteiger partial charge in [0.2, 0.25) is 5.95 Å². The van der Waals surface area contributed by atoms with Gasteiger partial charge in [-0.3, -0.25) is 5.10 Å². The molecule has 0 spiro atoms. The molecule has 0 fully saturated rings. The smallest absolute Gasteiger partial charge is 0.416 e. The Labute approximate surface area is 191 Å². The van der Waals surface area contributed by atoms with E-state index in [2.05, 4.69) is 20.2 Å². The van der Waals surface area contributed by atoms with Gasteiger partial charge in [-0.25, -0.2) is 9.97 Å². The molecule has 0 amide bonds. The maximum Gasteiger partial charge on any atom is 0.416 e. The summed E-state index contributed by atoms with van der Waals surface area (Å²) in [7, 11) is 1.53. The van der Waals surface area contributed by atoms with Crippen LogP contribution in [-0.4, -0.2) is 33.8 Å². The normalized spacial score (nSPS) is 11.7. The lowest BCUT2D eigenvalue weighted by molar-refractivity contribution is -0.137. The summed E-state index contributed by atoms with van der Waals surface area (Å²) in [5.41, 5.74) is 1.65. The number of halogens is 5. The topological polar surface area (TPSA) is 66.9 Å². The SMILES string of the molecule is CCN(c1nc(-c2cc(Cl)ccc2OC)c2[nH]ncc2n1)c1ccc(C(F)(F)F)cc1Cl. The van der Waals surface area contributed by atoms with Crippen molar-refractivity contribution < 1.29 is 17.9 Å². The molecule has 2 aromatic carbocycles. The van der Waals surface area contributed by atoms with Crippen LogP contribution >= 0.6 is 23.2 Å². The Balaban J connectivity index is 1.89. The molecule has 0 unspecified atom stereocenters. The van der Waals surface area contributed by atoms with Crippen LogP contribution in [0.15, 0.2) is 42.6 Å². The van der Waals surface area contributed by atoms with Crippen LogP contribution in [0.25, 0.3) is 22.3 Å². The zero-order valence-corrected chi connectivity index (χ0v) is 18.3. The number of aromatic nitrogens is 4.